The molecule has 4 nitrogen and oxygen atoms in total. The van der Waals surface area contributed by atoms with E-state index in [1.54, 1.807) is 24.3 Å². The highest BCUT2D eigenvalue weighted by molar-refractivity contribution is 7.91. The summed E-state index contributed by atoms with van der Waals surface area (Å²) in [5, 5.41) is 3.22. The minimum atomic E-state index is -3.68. The van der Waals surface area contributed by atoms with Gasteiger partial charge in [0.1, 0.15) is 10.7 Å². The Bertz CT molecular complexity index is 1070. The minimum Gasteiger partial charge on any atom is -0.339 e. The Morgan fingerprint density at radius 3 is 2.26 bits per heavy atom. The summed E-state index contributed by atoms with van der Waals surface area (Å²) in [7, 11) is -3.68. The predicted molar refractivity (Wildman–Crippen MR) is 109 cm³/mol. The molecular formula is C22H24N2O2S. The van der Waals surface area contributed by atoms with Gasteiger partial charge in [-0.05, 0) is 68.7 Å². The molecule has 0 aliphatic carbocycles. The number of rotatable bonds is 5. The van der Waals surface area contributed by atoms with E-state index in [1.807, 2.05) is 52.0 Å². The summed E-state index contributed by atoms with van der Waals surface area (Å²) in [5.41, 5.74) is 4.89. The average molecular weight is 381 g/mol. The first-order valence-corrected chi connectivity index (χ1v) is 10.5. The van der Waals surface area contributed by atoms with Crippen LogP contribution in [-0.4, -0.2) is 13.4 Å². The van der Waals surface area contributed by atoms with Crippen LogP contribution in [0.1, 0.15) is 29.3 Å². The van der Waals surface area contributed by atoms with Crippen LogP contribution in [0.4, 0.5) is 11.5 Å². The summed E-state index contributed by atoms with van der Waals surface area (Å²) >= 11 is 0. The van der Waals surface area contributed by atoms with Crippen LogP contribution in [-0.2, 0) is 16.3 Å². The largest absolute Gasteiger partial charge is 0.339 e. The Morgan fingerprint density at radius 2 is 1.63 bits per heavy atom. The number of hydrogen-bond donors (Lipinski definition) is 1. The molecule has 0 bridgehead atoms. The van der Waals surface area contributed by atoms with Crippen molar-refractivity contribution >= 4 is 21.3 Å². The molecule has 0 saturated heterocycles. The summed E-state index contributed by atoms with van der Waals surface area (Å²) in [6, 6.07) is 16.4. The molecule has 0 amide bonds. The second-order valence-corrected chi connectivity index (χ2v) is 8.66. The number of anilines is 2. The van der Waals surface area contributed by atoms with Crippen LogP contribution >= 0.6 is 0 Å². The molecule has 0 spiro atoms. The van der Waals surface area contributed by atoms with Gasteiger partial charge in [-0.15, -0.1) is 0 Å². The van der Waals surface area contributed by atoms with Gasteiger partial charge in [0.2, 0.25) is 9.84 Å². The lowest BCUT2D eigenvalue weighted by Gasteiger charge is -2.15. The van der Waals surface area contributed by atoms with E-state index >= 15 is 0 Å². The number of hydrogen-bond acceptors (Lipinski definition) is 4. The molecule has 5 heteroatoms. The maximum Gasteiger partial charge on any atom is 0.210 e. The summed E-state index contributed by atoms with van der Waals surface area (Å²) in [4.78, 5) is 4.92. The molecule has 0 aliphatic heterocycles. The fraction of sp³-hybridized carbons (Fsp3) is 0.227. The first-order valence-electron chi connectivity index (χ1n) is 8.97. The lowest BCUT2D eigenvalue weighted by molar-refractivity contribution is 0.596. The van der Waals surface area contributed by atoms with Gasteiger partial charge in [0.25, 0.3) is 0 Å². The minimum absolute atomic E-state index is 0.178. The normalized spacial score (nSPS) is 11.4. The monoisotopic (exact) mass is 380 g/mol. The topological polar surface area (TPSA) is 59.1 Å². The van der Waals surface area contributed by atoms with Crippen molar-refractivity contribution in [2.24, 2.45) is 0 Å². The molecule has 0 radical (unpaired) electrons. The van der Waals surface area contributed by atoms with E-state index < -0.39 is 9.84 Å². The van der Waals surface area contributed by atoms with Gasteiger partial charge in [-0.1, -0.05) is 36.8 Å². The Hall–Kier alpha value is -2.66. The van der Waals surface area contributed by atoms with Crippen molar-refractivity contribution < 1.29 is 8.42 Å². The number of benzene rings is 2. The molecule has 0 unspecified atom stereocenters. The molecule has 1 heterocycles. The van der Waals surface area contributed by atoms with Crippen molar-refractivity contribution in [3.63, 3.8) is 0 Å². The molecule has 2 aromatic carbocycles. The van der Waals surface area contributed by atoms with Crippen molar-refractivity contribution in [3.05, 3.63) is 77.0 Å². The molecule has 0 saturated carbocycles. The molecule has 0 atom stereocenters. The highest BCUT2D eigenvalue weighted by Crippen LogP contribution is 2.30. The van der Waals surface area contributed by atoms with Crippen molar-refractivity contribution in [2.75, 3.05) is 5.32 Å². The molecule has 140 valence electrons. The second-order valence-electron chi connectivity index (χ2n) is 6.74. The van der Waals surface area contributed by atoms with Crippen LogP contribution in [0, 0.1) is 20.8 Å². The Morgan fingerprint density at radius 1 is 0.926 bits per heavy atom. The Balaban J connectivity index is 2.07. The number of aromatic nitrogens is 1. The van der Waals surface area contributed by atoms with Crippen LogP contribution in [0.5, 0.6) is 0 Å². The molecule has 0 aliphatic rings. The number of nitrogens with zero attached hydrogens (tertiary/aromatic N) is 1. The lowest BCUT2D eigenvalue weighted by Crippen LogP contribution is -2.08. The molecular weight excluding hydrogens is 356 g/mol. The number of nitrogens with one attached hydrogen (secondary N) is 1. The fourth-order valence-corrected chi connectivity index (χ4v) is 4.31. The van der Waals surface area contributed by atoms with Gasteiger partial charge in [-0.25, -0.2) is 13.4 Å². The van der Waals surface area contributed by atoms with Gasteiger partial charge in [0.05, 0.1) is 4.90 Å². The van der Waals surface area contributed by atoms with E-state index in [1.165, 1.54) is 0 Å². The van der Waals surface area contributed by atoms with E-state index in [-0.39, 0.29) is 9.79 Å². The number of aryl methyl sites for hydroxylation is 4. The standard InChI is InChI=1S/C22H24N2O2S/c1-5-18-8-10-19(11-9-18)27(25,26)21-13-7-17(4)23-22(21)24-20-12-6-15(2)14-16(20)3/h6-14H,5H2,1-4H3,(H,23,24). The third-order valence-electron chi connectivity index (χ3n) is 4.56. The van der Waals surface area contributed by atoms with Gasteiger partial charge in [0, 0.05) is 11.4 Å². The highest BCUT2D eigenvalue weighted by atomic mass is 32.2. The maximum atomic E-state index is 13.2. The maximum absolute atomic E-state index is 13.2. The van der Waals surface area contributed by atoms with E-state index in [9.17, 15) is 8.42 Å². The Labute approximate surface area is 161 Å². The smallest absolute Gasteiger partial charge is 0.210 e. The van der Waals surface area contributed by atoms with Crippen LogP contribution < -0.4 is 5.32 Å². The van der Waals surface area contributed by atoms with E-state index in [0.29, 0.717) is 5.82 Å². The van der Waals surface area contributed by atoms with Crippen molar-refractivity contribution in [2.45, 2.75) is 43.9 Å². The summed E-state index contributed by atoms with van der Waals surface area (Å²) in [6.07, 6.45) is 0.867. The van der Waals surface area contributed by atoms with Crippen molar-refractivity contribution in [1.29, 1.82) is 0 Å². The van der Waals surface area contributed by atoms with Crippen LogP contribution in [0.25, 0.3) is 0 Å². The first kappa shape index (κ1) is 19.1. The zero-order valence-electron chi connectivity index (χ0n) is 16.1. The highest BCUT2D eigenvalue weighted by Gasteiger charge is 2.23. The van der Waals surface area contributed by atoms with Gasteiger partial charge in [-0.2, -0.15) is 0 Å². The molecule has 1 N–H and O–H groups in total. The second kappa shape index (κ2) is 7.53. The molecule has 3 rings (SSSR count). The quantitative estimate of drug-likeness (QED) is 0.665. The van der Waals surface area contributed by atoms with Crippen LogP contribution in [0.15, 0.2) is 64.4 Å². The zero-order valence-corrected chi connectivity index (χ0v) is 16.9. The molecule has 27 heavy (non-hydrogen) atoms. The van der Waals surface area contributed by atoms with Crippen LogP contribution in [0.2, 0.25) is 0 Å². The van der Waals surface area contributed by atoms with E-state index in [0.717, 1.165) is 34.5 Å². The summed E-state index contributed by atoms with van der Waals surface area (Å²) in [6.45, 7) is 7.90. The first-order chi connectivity index (χ1) is 12.8. The van der Waals surface area contributed by atoms with Gasteiger partial charge in [-0.3, -0.25) is 0 Å². The molecule has 0 fully saturated rings. The van der Waals surface area contributed by atoms with Crippen LogP contribution in [0.3, 0.4) is 0 Å². The van der Waals surface area contributed by atoms with Crippen molar-refractivity contribution in [3.8, 4) is 0 Å². The zero-order chi connectivity index (χ0) is 19.6. The van der Waals surface area contributed by atoms with Gasteiger partial charge < -0.3 is 5.32 Å². The summed E-state index contributed by atoms with van der Waals surface area (Å²) in [5.74, 6) is 0.349. The number of sulfone groups is 1. The van der Waals surface area contributed by atoms with E-state index in [4.69, 9.17) is 0 Å². The van der Waals surface area contributed by atoms with E-state index in [2.05, 4.69) is 16.4 Å². The van der Waals surface area contributed by atoms with Gasteiger partial charge >= 0.3 is 0 Å². The number of pyridine rings is 1. The predicted octanol–water partition coefficient (Wildman–Crippen LogP) is 5.15. The fourth-order valence-electron chi connectivity index (χ4n) is 2.96. The molecule has 1 aromatic heterocycles. The van der Waals surface area contributed by atoms with Crippen molar-refractivity contribution in [1.82, 2.24) is 4.98 Å². The third kappa shape index (κ3) is 4.03. The Kier molecular flexibility index (Phi) is 5.33. The average Bonchev–Trinajstić information content (AvgIpc) is 2.64. The summed E-state index contributed by atoms with van der Waals surface area (Å²) < 4.78 is 26.4. The molecule has 3 aromatic rings. The third-order valence-corrected chi connectivity index (χ3v) is 6.37. The van der Waals surface area contributed by atoms with Gasteiger partial charge in [0.15, 0.2) is 0 Å². The lowest BCUT2D eigenvalue weighted by atomic mass is 10.1. The SMILES string of the molecule is CCc1ccc(S(=O)(=O)c2ccc(C)nc2Nc2ccc(C)cc2C)cc1.